The second-order valence-corrected chi connectivity index (χ2v) is 10.0. The SMILES string of the molecule is C=CCOC(=O)c1sc(N2C(=O)C(=O)C(=C(O)c3c(C)nc4ccccn34)C2c2ccc(C(=O)OC)cc2)nc1C. The number of ketones is 1. The number of anilines is 1. The lowest BCUT2D eigenvalue weighted by Crippen LogP contribution is -2.29. The number of thiazole rings is 1. The Kier molecular flexibility index (Phi) is 7.24. The number of ether oxygens (including phenoxy) is 2. The van der Waals surface area contributed by atoms with Gasteiger partial charge in [0.1, 0.15) is 22.8 Å². The number of aliphatic hydroxyl groups is 1. The molecule has 1 aliphatic rings. The Labute approximate surface area is 238 Å². The van der Waals surface area contributed by atoms with E-state index in [1.807, 2.05) is 0 Å². The molecule has 0 bridgehead atoms. The molecule has 1 saturated heterocycles. The van der Waals surface area contributed by atoms with Crippen LogP contribution in [-0.4, -0.2) is 56.8 Å². The summed E-state index contributed by atoms with van der Waals surface area (Å²) < 4.78 is 11.5. The fourth-order valence-corrected chi connectivity index (χ4v) is 5.65. The lowest BCUT2D eigenvalue weighted by Gasteiger charge is -2.23. The maximum atomic E-state index is 13.6. The number of rotatable bonds is 7. The third-order valence-electron chi connectivity index (χ3n) is 6.53. The summed E-state index contributed by atoms with van der Waals surface area (Å²) >= 11 is 0.885. The number of pyridine rings is 1. The maximum absolute atomic E-state index is 13.6. The Morgan fingerprint density at radius 3 is 2.49 bits per heavy atom. The number of carbonyl (C=O) groups is 4. The van der Waals surface area contributed by atoms with Crippen molar-refractivity contribution in [2.24, 2.45) is 0 Å². The van der Waals surface area contributed by atoms with Crippen molar-refractivity contribution < 1.29 is 33.8 Å². The van der Waals surface area contributed by atoms with E-state index in [1.165, 1.54) is 25.3 Å². The lowest BCUT2D eigenvalue weighted by molar-refractivity contribution is -0.132. The van der Waals surface area contributed by atoms with Gasteiger partial charge in [0.05, 0.1) is 35.7 Å². The van der Waals surface area contributed by atoms with E-state index >= 15 is 0 Å². The van der Waals surface area contributed by atoms with Gasteiger partial charge in [-0.15, -0.1) is 0 Å². The number of amides is 1. The van der Waals surface area contributed by atoms with Crippen LogP contribution in [0.1, 0.15) is 48.7 Å². The van der Waals surface area contributed by atoms with Crippen molar-refractivity contribution in [1.82, 2.24) is 14.4 Å². The Morgan fingerprint density at radius 2 is 1.80 bits per heavy atom. The van der Waals surface area contributed by atoms with Crippen molar-refractivity contribution in [3.05, 3.63) is 100.0 Å². The molecule has 11 nitrogen and oxygen atoms in total. The van der Waals surface area contributed by atoms with Crippen LogP contribution in [0.25, 0.3) is 11.4 Å². The van der Waals surface area contributed by atoms with Crippen molar-refractivity contribution in [3.63, 3.8) is 0 Å². The Morgan fingerprint density at radius 1 is 1.07 bits per heavy atom. The first-order chi connectivity index (χ1) is 19.7. The predicted molar refractivity (Wildman–Crippen MR) is 150 cm³/mol. The summed E-state index contributed by atoms with van der Waals surface area (Å²) in [5.74, 6) is -3.53. The number of benzene rings is 1. The van der Waals surface area contributed by atoms with Crippen LogP contribution in [-0.2, 0) is 19.1 Å². The van der Waals surface area contributed by atoms with Gasteiger partial charge >= 0.3 is 17.8 Å². The van der Waals surface area contributed by atoms with E-state index in [9.17, 15) is 24.3 Å². The zero-order chi connectivity index (χ0) is 29.4. The summed E-state index contributed by atoms with van der Waals surface area (Å²) in [5, 5.41) is 11.7. The molecule has 3 aromatic heterocycles. The molecule has 1 aliphatic heterocycles. The van der Waals surface area contributed by atoms with E-state index in [0.29, 0.717) is 22.6 Å². The Balaban J connectivity index is 1.71. The molecule has 5 rings (SSSR count). The molecule has 4 aromatic rings. The minimum absolute atomic E-state index is 0.0127. The van der Waals surface area contributed by atoms with Crippen molar-refractivity contribution in [3.8, 4) is 0 Å². The van der Waals surface area contributed by atoms with Crippen LogP contribution in [0, 0.1) is 13.8 Å². The van der Waals surface area contributed by atoms with Gasteiger partial charge in [0.2, 0.25) is 0 Å². The van der Waals surface area contributed by atoms with E-state index < -0.39 is 35.4 Å². The number of esters is 2. The quantitative estimate of drug-likeness (QED) is 0.114. The third-order valence-corrected chi connectivity index (χ3v) is 7.67. The molecule has 1 amide bonds. The summed E-state index contributed by atoms with van der Waals surface area (Å²) in [6, 6.07) is 10.2. The van der Waals surface area contributed by atoms with Crippen molar-refractivity contribution >= 4 is 51.5 Å². The van der Waals surface area contributed by atoms with Crippen molar-refractivity contribution in [1.29, 1.82) is 0 Å². The van der Waals surface area contributed by atoms with Gasteiger partial charge in [-0.3, -0.25) is 18.9 Å². The molecule has 4 heterocycles. The summed E-state index contributed by atoms with van der Waals surface area (Å²) in [6.07, 6.45) is 3.11. The van der Waals surface area contributed by atoms with Gasteiger partial charge in [-0.05, 0) is 43.7 Å². The van der Waals surface area contributed by atoms with Crippen LogP contribution in [0.15, 0.2) is 66.9 Å². The molecule has 1 unspecified atom stereocenters. The number of Topliss-reactive ketones (excluding diaryl/α,β-unsaturated/α-hetero) is 1. The van der Waals surface area contributed by atoms with Gasteiger partial charge in [0, 0.05) is 6.20 Å². The number of hydrogen-bond donors (Lipinski definition) is 1. The molecular formula is C29H24N4O7S. The molecule has 41 heavy (non-hydrogen) atoms. The Bertz CT molecular complexity index is 1770. The zero-order valence-electron chi connectivity index (χ0n) is 22.3. The van der Waals surface area contributed by atoms with Crippen LogP contribution in [0.2, 0.25) is 0 Å². The molecule has 1 atom stereocenters. The summed E-state index contributed by atoms with van der Waals surface area (Å²) in [4.78, 5) is 62.0. The highest BCUT2D eigenvalue weighted by Gasteiger charge is 2.49. The number of carbonyl (C=O) groups excluding carboxylic acids is 4. The number of aliphatic hydroxyl groups excluding tert-OH is 1. The molecule has 1 fully saturated rings. The van der Waals surface area contributed by atoms with Crippen molar-refractivity contribution in [2.75, 3.05) is 18.6 Å². The average Bonchev–Trinajstić information content (AvgIpc) is 3.61. The summed E-state index contributed by atoms with van der Waals surface area (Å²) in [6.45, 7) is 6.79. The second-order valence-electron chi connectivity index (χ2n) is 9.06. The molecule has 208 valence electrons. The van der Waals surface area contributed by atoms with Gasteiger partial charge in [-0.1, -0.05) is 42.2 Å². The molecular weight excluding hydrogens is 548 g/mol. The van der Waals surface area contributed by atoms with Gasteiger partial charge < -0.3 is 14.6 Å². The van der Waals surface area contributed by atoms with Gasteiger partial charge in [-0.2, -0.15) is 0 Å². The minimum Gasteiger partial charge on any atom is -0.505 e. The molecule has 0 radical (unpaired) electrons. The highest BCUT2D eigenvalue weighted by Crippen LogP contribution is 2.44. The lowest BCUT2D eigenvalue weighted by atomic mass is 9.95. The third kappa shape index (κ3) is 4.67. The zero-order valence-corrected chi connectivity index (χ0v) is 23.1. The molecule has 12 heteroatoms. The molecule has 0 aliphatic carbocycles. The Hall–Kier alpha value is -5.10. The fourth-order valence-electron chi connectivity index (χ4n) is 4.67. The highest BCUT2D eigenvalue weighted by atomic mass is 32.1. The number of imidazole rings is 1. The van der Waals surface area contributed by atoms with Crippen LogP contribution in [0.4, 0.5) is 5.13 Å². The van der Waals surface area contributed by atoms with E-state index in [4.69, 9.17) is 9.47 Å². The number of nitrogens with zero attached hydrogens (tertiary/aromatic N) is 4. The van der Waals surface area contributed by atoms with E-state index in [1.54, 1.807) is 54.8 Å². The summed E-state index contributed by atoms with van der Waals surface area (Å²) in [5.41, 5.74) is 2.00. The largest absolute Gasteiger partial charge is 0.505 e. The molecule has 0 spiro atoms. The topological polar surface area (TPSA) is 140 Å². The predicted octanol–water partition coefficient (Wildman–Crippen LogP) is 4.16. The summed E-state index contributed by atoms with van der Waals surface area (Å²) in [7, 11) is 1.26. The van der Waals surface area contributed by atoms with Gasteiger partial charge in [0.25, 0.3) is 5.78 Å². The van der Waals surface area contributed by atoms with Crippen LogP contribution < -0.4 is 4.90 Å². The number of aryl methyl sites for hydroxylation is 2. The minimum atomic E-state index is -1.14. The van der Waals surface area contributed by atoms with Gasteiger partial charge in [0.15, 0.2) is 10.9 Å². The first-order valence-electron chi connectivity index (χ1n) is 12.4. The van der Waals surface area contributed by atoms with Crippen LogP contribution in [0.5, 0.6) is 0 Å². The van der Waals surface area contributed by atoms with E-state index in [0.717, 1.165) is 16.2 Å². The average molecular weight is 573 g/mol. The van der Waals surface area contributed by atoms with E-state index in [-0.39, 0.29) is 33.4 Å². The van der Waals surface area contributed by atoms with Gasteiger partial charge in [-0.25, -0.2) is 19.6 Å². The number of methoxy groups -OCH3 is 1. The molecule has 0 saturated carbocycles. The van der Waals surface area contributed by atoms with Crippen molar-refractivity contribution in [2.45, 2.75) is 19.9 Å². The normalized spacial score (nSPS) is 16.3. The second kappa shape index (κ2) is 10.8. The van der Waals surface area contributed by atoms with E-state index in [2.05, 4.69) is 16.5 Å². The maximum Gasteiger partial charge on any atom is 0.350 e. The first kappa shape index (κ1) is 27.5. The molecule has 1 N–H and O–H groups in total. The first-order valence-corrected chi connectivity index (χ1v) is 13.2. The number of hydrogen-bond acceptors (Lipinski definition) is 10. The monoisotopic (exact) mass is 572 g/mol. The number of aromatic nitrogens is 3. The number of fused-ring (bicyclic) bond motifs is 1. The standard InChI is InChI=1S/C29H24N4O7S/c1-5-14-40-28(38)25-16(3)31-29(41-25)33-22(17-9-11-18(12-10-17)27(37)39-4)20(24(35)26(33)36)23(34)21-15(2)30-19-8-6-7-13-32(19)21/h5-13,22,34H,1,14H2,2-4H3. The smallest absolute Gasteiger partial charge is 0.350 e. The van der Waals surface area contributed by atoms with Crippen LogP contribution in [0.3, 0.4) is 0 Å². The van der Waals surface area contributed by atoms with Crippen LogP contribution >= 0.6 is 11.3 Å². The highest BCUT2D eigenvalue weighted by molar-refractivity contribution is 7.17. The molecule has 1 aromatic carbocycles. The fraction of sp³-hybridized carbons (Fsp3) is 0.172.